The molecule has 0 aliphatic carbocycles. The molecule has 0 atom stereocenters. The van der Waals surface area contributed by atoms with Crippen molar-refractivity contribution in [2.75, 3.05) is 18.0 Å². The van der Waals surface area contributed by atoms with Crippen molar-refractivity contribution in [3.05, 3.63) is 48.0 Å². The van der Waals surface area contributed by atoms with Gasteiger partial charge in [-0.15, -0.1) is 0 Å². The Bertz CT molecular complexity index is 684. The van der Waals surface area contributed by atoms with Crippen LogP contribution in [0.1, 0.15) is 29.9 Å². The lowest BCUT2D eigenvalue weighted by Gasteiger charge is -2.21. The van der Waals surface area contributed by atoms with Gasteiger partial charge in [0.05, 0.1) is 12.4 Å². The number of aromatic nitrogens is 2. The molecule has 1 amide bonds. The normalized spacial score (nSPS) is 10.7. The summed E-state index contributed by atoms with van der Waals surface area (Å²) in [5.41, 5.74) is 3.97. The third kappa shape index (κ3) is 4.26. The maximum atomic E-state index is 11.7. The maximum Gasteiger partial charge on any atom is 0.291 e. The predicted molar refractivity (Wildman–Crippen MR) is 88.8 cm³/mol. The number of amides is 1. The minimum absolute atomic E-state index is 0.104. The molecule has 2 rings (SSSR count). The number of hydrazone groups is 1. The van der Waals surface area contributed by atoms with Crippen LogP contribution < -0.4 is 10.3 Å². The minimum Gasteiger partial charge on any atom is -0.507 e. The summed E-state index contributed by atoms with van der Waals surface area (Å²) < 4.78 is 0. The summed E-state index contributed by atoms with van der Waals surface area (Å²) in [7, 11) is 0. The van der Waals surface area contributed by atoms with Gasteiger partial charge in [-0.25, -0.2) is 10.4 Å². The number of carbonyl (C=O) groups excluding carboxylic acids is 1. The Hall–Kier alpha value is -2.96. The first kappa shape index (κ1) is 16.4. The maximum absolute atomic E-state index is 11.7. The van der Waals surface area contributed by atoms with E-state index >= 15 is 0 Å². The summed E-state index contributed by atoms with van der Waals surface area (Å²) in [5, 5.41) is 13.9. The van der Waals surface area contributed by atoms with E-state index in [1.54, 1.807) is 12.1 Å². The molecule has 23 heavy (non-hydrogen) atoms. The number of phenolic OH excluding ortho intramolecular Hbond substituents is 1. The highest BCUT2D eigenvalue weighted by Gasteiger charge is 2.07. The zero-order chi connectivity index (χ0) is 16.7. The molecule has 0 aliphatic rings. The first-order valence-corrected chi connectivity index (χ1v) is 7.33. The van der Waals surface area contributed by atoms with Gasteiger partial charge in [0.15, 0.2) is 0 Å². The lowest BCUT2D eigenvalue weighted by Crippen LogP contribution is -2.21. The van der Waals surface area contributed by atoms with Crippen molar-refractivity contribution in [2.45, 2.75) is 13.8 Å². The highest BCUT2D eigenvalue weighted by Crippen LogP contribution is 2.23. The molecule has 0 unspecified atom stereocenters. The van der Waals surface area contributed by atoms with Gasteiger partial charge >= 0.3 is 0 Å². The molecule has 0 saturated heterocycles. The molecule has 0 fully saturated rings. The van der Waals surface area contributed by atoms with Crippen LogP contribution in [0.5, 0.6) is 5.75 Å². The third-order valence-electron chi connectivity index (χ3n) is 3.31. The van der Waals surface area contributed by atoms with Crippen molar-refractivity contribution in [1.29, 1.82) is 0 Å². The van der Waals surface area contributed by atoms with Crippen LogP contribution in [0.4, 0.5) is 5.69 Å². The molecule has 1 aromatic heterocycles. The van der Waals surface area contributed by atoms with Gasteiger partial charge in [-0.05, 0) is 26.0 Å². The zero-order valence-corrected chi connectivity index (χ0v) is 13.1. The number of rotatable bonds is 6. The quantitative estimate of drug-likeness (QED) is 0.627. The Kier molecular flexibility index (Phi) is 5.62. The number of phenols is 1. The van der Waals surface area contributed by atoms with Crippen LogP contribution in [0.3, 0.4) is 0 Å². The molecular formula is C16H19N5O2. The van der Waals surface area contributed by atoms with Gasteiger partial charge in [-0.3, -0.25) is 9.78 Å². The summed E-state index contributed by atoms with van der Waals surface area (Å²) >= 11 is 0. The number of hydrogen-bond donors (Lipinski definition) is 2. The fraction of sp³-hybridized carbons (Fsp3) is 0.250. The summed E-state index contributed by atoms with van der Waals surface area (Å²) in [5.74, 6) is -0.361. The lowest BCUT2D eigenvalue weighted by atomic mass is 10.2. The number of carbonyl (C=O) groups is 1. The second-order valence-electron chi connectivity index (χ2n) is 4.71. The smallest absolute Gasteiger partial charge is 0.291 e. The molecule has 7 nitrogen and oxygen atoms in total. The molecule has 2 N–H and O–H groups in total. The van der Waals surface area contributed by atoms with Crippen LogP contribution in [0.2, 0.25) is 0 Å². The number of nitrogens with zero attached hydrogens (tertiary/aromatic N) is 4. The molecule has 0 radical (unpaired) electrons. The Labute approximate surface area is 134 Å². The van der Waals surface area contributed by atoms with Crippen molar-refractivity contribution in [2.24, 2.45) is 5.10 Å². The van der Waals surface area contributed by atoms with Crippen LogP contribution in [-0.4, -0.2) is 40.3 Å². The topological polar surface area (TPSA) is 90.7 Å². The monoisotopic (exact) mass is 313 g/mol. The number of aromatic hydroxyl groups is 1. The van der Waals surface area contributed by atoms with Gasteiger partial charge in [-0.1, -0.05) is 0 Å². The van der Waals surface area contributed by atoms with Crippen molar-refractivity contribution in [1.82, 2.24) is 15.4 Å². The molecular weight excluding hydrogens is 294 g/mol. The molecule has 2 aromatic rings. The average Bonchev–Trinajstić information content (AvgIpc) is 2.58. The van der Waals surface area contributed by atoms with Crippen LogP contribution in [-0.2, 0) is 0 Å². The Balaban J connectivity index is 2.04. The number of hydrogen-bond acceptors (Lipinski definition) is 6. The van der Waals surface area contributed by atoms with Crippen LogP contribution in [0.15, 0.2) is 41.9 Å². The van der Waals surface area contributed by atoms with E-state index in [4.69, 9.17) is 0 Å². The van der Waals surface area contributed by atoms with Crippen LogP contribution >= 0.6 is 0 Å². The van der Waals surface area contributed by atoms with E-state index in [0.717, 1.165) is 18.8 Å². The minimum atomic E-state index is -0.464. The standard InChI is InChI=1S/C16H19N5O2/c1-3-21(4-2)13-6-5-12(15(22)9-13)10-19-20-16(23)14-11-17-7-8-18-14/h5-11,22H,3-4H2,1-2H3,(H,20,23)/b19-10-. The van der Waals surface area contributed by atoms with E-state index in [2.05, 4.69) is 39.2 Å². The third-order valence-corrected chi connectivity index (χ3v) is 3.31. The van der Waals surface area contributed by atoms with E-state index in [0.29, 0.717) is 5.56 Å². The first-order chi connectivity index (χ1) is 11.2. The highest BCUT2D eigenvalue weighted by molar-refractivity contribution is 5.93. The molecule has 0 spiro atoms. The zero-order valence-electron chi connectivity index (χ0n) is 13.1. The fourth-order valence-electron chi connectivity index (χ4n) is 2.06. The van der Waals surface area contributed by atoms with Crippen LogP contribution in [0, 0.1) is 0 Å². The van der Waals surface area contributed by atoms with Gasteiger partial charge < -0.3 is 10.0 Å². The number of nitrogens with one attached hydrogen (secondary N) is 1. The lowest BCUT2D eigenvalue weighted by molar-refractivity contribution is 0.0949. The Morgan fingerprint density at radius 3 is 2.74 bits per heavy atom. The number of anilines is 1. The van der Waals surface area contributed by atoms with Crippen molar-refractivity contribution in [3.63, 3.8) is 0 Å². The van der Waals surface area contributed by atoms with Gasteiger partial charge in [0.2, 0.25) is 0 Å². The second-order valence-corrected chi connectivity index (χ2v) is 4.71. The summed E-state index contributed by atoms with van der Waals surface area (Å²) in [6.07, 6.45) is 5.64. The summed E-state index contributed by atoms with van der Waals surface area (Å²) in [4.78, 5) is 21.5. The molecule has 7 heteroatoms. The molecule has 1 heterocycles. The van der Waals surface area contributed by atoms with Crippen molar-refractivity contribution in [3.8, 4) is 5.75 Å². The second kappa shape index (κ2) is 7.88. The summed E-state index contributed by atoms with van der Waals surface area (Å²) in [6.45, 7) is 5.82. The van der Waals surface area contributed by atoms with E-state index < -0.39 is 5.91 Å². The average molecular weight is 313 g/mol. The van der Waals surface area contributed by atoms with Gasteiger partial charge in [-0.2, -0.15) is 5.10 Å². The Morgan fingerprint density at radius 1 is 1.35 bits per heavy atom. The van der Waals surface area contributed by atoms with Gasteiger partial charge in [0, 0.05) is 42.8 Å². The molecule has 1 aromatic carbocycles. The first-order valence-electron chi connectivity index (χ1n) is 7.33. The van der Waals surface area contributed by atoms with E-state index in [9.17, 15) is 9.90 Å². The van der Waals surface area contributed by atoms with Gasteiger partial charge in [0.25, 0.3) is 5.91 Å². The van der Waals surface area contributed by atoms with Crippen LogP contribution in [0.25, 0.3) is 0 Å². The van der Waals surface area contributed by atoms with E-state index in [1.165, 1.54) is 24.8 Å². The SMILES string of the molecule is CCN(CC)c1ccc(/C=N\NC(=O)c2cnccn2)c(O)c1. The fourth-order valence-corrected chi connectivity index (χ4v) is 2.06. The number of benzene rings is 1. The van der Waals surface area contributed by atoms with E-state index in [1.807, 2.05) is 6.07 Å². The molecule has 120 valence electrons. The highest BCUT2D eigenvalue weighted by atomic mass is 16.3. The van der Waals surface area contributed by atoms with Crippen molar-refractivity contribution >= 4 is 17.8 Å². The predicted octanol–water partition coefficient (Wildman–Crippen LogP) is 1.79. The molecule has 0 bridgehead atoms. The largest absolute Gasteiger partial charge is 0.507 e. The molecule has 0 saturated carbocycles. The molecule has 0 aliphatic heterocycles. The summed E-state index contributed by atoms with van der Waals surface area (Å²) in [6, 6.07) is 5.33. The van der Waals surface area contributed by atoms with Crippen molar-refractivity contribution < 1.29 is 9.90 Å². The van der Waals surface area contributed by atoms with Gasteiger partial charge in [0.1, 0.15) is 11.4 Å². The Morgan fingerprint density at radius 2 is 2.13 bits per heavy atom. The van der Waals surface area contributed by atoms with E-state index in [-0.39, 0.29) is 11.4 Å².